The van der Waals surface area contributed by atoms with Gasteiger partial charge in [0.25, 0.3) is 5.91 Å². The number of aromatic hydroxyl groups is 1. The highest BCUT2D eigenvalue weighted by molar-refractivity contribution is 14.0. The average Bonchev–Trinajstić information content (AvgIpc) is 3.02. The monoisotopic (exact) mass is 566 g/mol. The van der Waals surface area contributed by atoms with E-state index in [9.17, 15) is 9.90 Å². The van der Waals surface area contributed by atoms with Crippen LogP contribution >= 0.6 is 51.2 Å². The van der Waals surface area contributed by atoms with Crippen molar-refractivity contribution < 1.29 is 9.90 Å². The van der Waals surface area contributed by atoms with Crippen molar-refractivity contribution in [3.8, 4) is 5.75 Å². The number of hydrogen-bond acceptors (Lipinski definition) is 4. The van der Waals surface area contributed by atoms with Gasteiger partial charge in [0.1, 0.15) is 5.75 Å². The summed E-state index contributed by atoms with van der Waals surface area (Å²) >= 11 is 5.18. The molecule has 2 aromatic rings. The summed E-state index contributed by atoms with van der Waals surface area (Å²) in [7, 11) is 1.99. The van der Waals surface area contributed by atoms with E-state index in [4.69, 9.17) is 0 Å². The number of amides is 1. The molecule has 0 unspecified atom stereocenters. The highest BCUT2D eigenvalue weighted by Gasteiger charge is 2.08. The Kier molecular flexibility index (Phi) is 10.7. The smallest absolute Gasteiger partial charge is 0.251 e. The summed E-state index contributed by atoms with van der Waals surface area (Å²) < 4.78 is 1.11. The van der Waals surface area contributed by atoms with Gasteiger partial charge in [-0.05, 0) is 59.3 Å². The maximum absolute atomic E-state index is 12.0. The fourth-order valence-electron chi connectivity index (χ4n) is 2.26. The number of halogens is 2. The molecule has 3 N–H and O–H groups in total. The standard InChI is InChI=1S/C18H23BrN4O2S.HI/c1-3-20-18(23(2)12-15-8-9-16(19)26-15)22-11-10-21-17(25)13-4-6-14(24)7-5-13;/h4-9,24H,3,10-12H2,1-2H3,(H,20,22)(H,21,25);1H. The predicted molar refractivity (Wildman–Crippen MR) is 125 cm³/mol. The molecule has 2 rings (SSSR count). The lowest BCUT2D eigenvalue weighted by Gasteiger charge is -2.21. The van der Waals surface area contributed by atoms with E-state index in [1.807, 2.05) is 20.0 Å². The molecule has 0 fully saturated rings. The summed E-state index contributed by atoms with van der Waals surface area (Å²) in [6, 6.07) is 10.3. The predicted octanol–water partition coefficient (Wildman–Crippen LogP) is 3.66. The second kappa shape index (κ2) is 12.2. The van der Waals surface area contributed by atoms with E-state index in [1.165, 1.54) is 17.0 Å². The maximum Gasteiger partial charge on any atom is 0.251 e. The van der Waals surface area contributed by atoms with Gasteiger partial charge in [-0.25, -0.2) is 0 Å². The summed E-state index contributed by atoms with van der Waals surface area (Å²) in [5.74, 6) is 0.764. The molecule has 0 radical (unpaired) electrons. The fourth-order valence-corrected chi connectivity index (χ4v) is 3.80. The number of hydrogen-bond donors (Lipinski definition) is 3. The van der Waals surface area contributed by atoms with Crippen LogP contribution < -0.4 is 10.6 Å². The molecule has 1 amide bonds. The quantitative estimate of drug-likeness (QED) is 0.207. The first-order valence-electron chi connectivity index (χ1n) is 8.30. The normalized spacial score (nSPS) is 10.9. The van der Waals surface area contributed by atoms with Crippen molar-refractivity contribution in [1.82, 2.24) is 15.5 Å². The molecule has 9 heteroatoms. The van der Waals surface area contributed by atoms with E-state index < -0.39 is 0 Å². The first-order chi connectivity index (χ1) is 12.5. The molecule has 148 valence electrons. The van der Waals surface area contributed by atoms with Crippen molar-refractivity contribution in [1.29, 1.82) is 0 Å². The molecule has 1 aromatic carbocycles. The van der Waals surface area contributed by atoms with Crippen molar-refractivity contribution in [2.75, 3.05) is 26.7 Å². The zero-order valence-electron chi connectivity index (χ0n) is 15.2. The zero-order valence-corrected chi connectivity index (χ0v) is 20.0. The summed E-state index contributed by atoms with van der Waals surface area (Å²) in [5.41, 5.74) is 0.513. The topological polar surface area (TPSA) is 77.0 Å². The number of thiophene rings is 1. The van der Waals surface area contributed by atoms with E-state index >= 15 is 0 Å². The van der Waals surface area contributed by atoms with Crippen LogP contribution in [0.4, 0.5) is 0 Å². The second-order valence-corrected chi connectivity index (χ2v) is 8.15. The molecule has 0 aliphatic heterocycles. The van der Waals surface area contributed by atoms with E-state index in [0.29, 0.717) is 18.7 Å². The van der Waals surface area contributed by atoms with Gasteiger partial charge in [0.2, 0.25) is 0 Å². The Bertz CT molecular complexity index is 752. The molecule has 0 aliphatic rings. The van der Waals surface area contributed by atoms with Gasteiger partial charge in [0.05, 0.1) is 16.9 Å². The SMILES string of the molecule is CCNC(=NCCNC(=O)c1ccc(O)cc1)N(C)Cc1ccc(Br)s1.I. The molecule has 6 nitrogen and oxygen atoms in total. The van der Waals surface area contributed by atoms with Crippen LogP contribution in [0.5, 0.6) is 5.75 Å². The number of guanidine groups is 1. The lowest BCUT2D eigenvalue weighted by Crippen LogP contribution is -2.39. The number of nitrogens with one attached hydrogen (secondary N) is 2. The third-order valence-corrected chi connectivity index (χ3v) is 5.12. The lowest BCUT2D eigenvalue weighted by atomic mass is 10.2. The van der Waals surface area contributed by atoms with Gasteiger partial charge in [0.15, 0.2) is 5.96 Å². The van der Waals surface area contributed by atoms with Crippen molar-refractivity contribution in [2.24, 2.45) is 4.99 Å². The van der Waals surface area contributed by atoms with Crippen molar-refractivity contribution in [3.63, 3.8) is 0 Å². The van der Waals surface area contributed by atoms with Gasteiger partial charge >= 0.3 is 0 Å². The van der Waals surface area contributed by atoms with Gasteiger partial charge in [-0.1, -0.05) is 0 Å². The van der Waals surface area contributed by atoms with Gasteiger partial charge in [-0.2, -0.15) is 0 Å². The molecule has 0 bridgehead atoms. The van der Waals surface area contributed by atoms with Crippen LogP contribution in [0.1, 0.15) is 22.2 Å². The number of aliphatic imine (C=N–C) groups is 1. The lowest BCUT2D eigenvalue weighted by molar-refractivity contribution is 0.0955. The van der Waals surface area contributed by atoms with Gasteiger partial charge in [-0.3, -0.25) is 9.79 Å². The largest absolute Gasteiger partial charge is 0.508 e. The Balaban J connectivity index is 0.00000364. The highest BCUT2D eigenvalue weighted by atomic mass is 127. The molecule has 1 heterocycles. The van der Waals surface area contributed by atoms with Crippen LogP contribution in [0.3, 0.4) is 0 Å². The molecule has 27 heavy (non-hydrogen) atoms. The molecule has 0 spiro atoms. The number of benzene rings is 1. The Morgan fingerprint density at radius 3 is 2.52 bits per heavy atom. The van der Waals surface area contributed by atoms with Crippen molar-refractivity contribution in [2.45, 2.75) is 13.5 Å². The Morgan fingerprint density at radius 1 is 1.22 bits per heavy atom. The number of carbonyl (C=O) groups is 1. The minimum absolute atomic E-state index is 0. The van der Waals surface area contributed by atoms with E-state index in [0.717, 1.165) is 22.8 Å². The van der Waals surface area contributed by atoms with Crippen LogP contribution in [0.2, 0.25) is 0 Å². The van der Waals surface area contributed by atoms with Crippen LogP contribution in [0, 0.1) is 0 Å². The zero-order chi connectivity index (χ0) is 18.9. The Labute approximate surface area is 189 Å². The molecule has 0 atom stereocenters. The van der Waals surface area contributed by atoms with E-state index in [1.54, 1.807) is 23.5 Å². The first kappa shape index (κ1) is 23.7. The highest BCUT2D eigenvalue weighted by Crippen LogP contribution is 2.22. The Hall–Kier alpha value is -1.33. The average molecular weight is 567 g/mol. The summed E-state index contributed by atoms with van der Waals surface area (Å²) in [6.45, 7) is 4.48. The maximum atomic E-state index is 12.0. The van der Waals surface area contributed by atoms with Crippen LogP contribution in [0.25, 0.3) is 0 Å². The van der Waals surface area contributed by atoms with Gasteiger partial charge < -0.3 is 20.6 Å². The molecule has 0 aliphatic carbocycles. The molecular weight excluding hydrogens is 543 g/mol. The summed E-state index contributed by atoms with van der Waals surface area (Å²) in [4.78, 5) is 19.9. The number of nitrogens with zero attached hydrogens (tertiary/aromatic N) is 2. The molecule has 0 saturated carbocycles. The molecule has 0 saturated heterocycles. The second-order valence-electron chi connectivity index (χ2n) is 5.60. The number of phenolic OH excluding ortho intramolecular Hbond substituents is 1. The molecule has 1 aromatic heterocycles. The van der Waals surface area contributed by atoms with E-state index in [2.05, 4.69) is 42.5 Å². The van der Waals surface area contributed by atoms with Crippen LogP contribution in [0.15, 0.2) is 45.2 Å². The van der Waals surface area contributed by atoms with Crippen LogP contribution in [-0.4, -0.2) is 48.6 Å². The van der Waals surface area contributed by atoms with Crippen molar-refractivity contribution in [3.05, 3.63) is 50.6 Å². The third kappa shape index (κ3) is 8.06. The number of rotatable bonds is 7. The molecular formula is C18H24BrIN4O2S. The summed E-state index contributed by atoms with van der Waals surface area (Å²) in [5, 5.41) is 15.4. The van der Waals surface area contributed by atoms with Gasteiger partial charge in [-0.15, -0.1) is 35.3 Å². The minimum Gasteiger partial charge on any atom is -0.508 e. The fraction of sp³-hybridized carbons (Fsp3) is 0.333. The van der Waals surface area contributed by atoms with Crippen molar-refractivity contribution >= 4 is 63.1 Å². The van der Waals surface area contributed by atoms with Gasteiger partial charge in [0, 0.05) is 30.6 Å². The van der Waals surface area contributed by atoms with Crippen LogP contribution in [-0.2, 0) is 6.54 Å². The van der Waals surface area contributed by atoms with E-state index in [-0.39, 0.29) is 35.6 Å². The number of carbonyl (C=O) groups excluding carboxylic acids is 1. The Morgan fingerprint density at radius 2 is 1.93 bits per heavy atom. The summed E-state index contributed by atoms with van der Waals surface area (Å²) in [6.07, 6.45) is 0. The third-order valence-electron chi connectivity index (χ3n) is 3.51. The number of phenols is 1. The first-order valence-corrected chi connectivity index (χ1v) is 9.91. The minimum atomic E-state index is -0.179.